The number of anilines is 2. The largest absolute Gasteiger partial charge is 0.497 e. The number of carbonyl (C=O) groups excluding carboxylic acids is 1. The van der Waals surface area contributed by atoms with Crippen molar-refractivity contribution in [2.75, 3.05) is 24.9 Å². The van der Waals surface area contributed by atoms with E-state index in [1.165, 1.54) is 0 Å². The van der Waals surface area contributed by atoms with Crippen molar-refractivity contribution in [2.45, 2.75) is 19.9 Å². The molecule has 2 N–H and O–H groups in total. The summed E-state index contributed by atoms with van der Waals surface area (Å²) in [5.41, 5.74) is 5.91. The van der Waals surface area contributed by atoms with Crippen molar-refractivity contribution in [1.29, 1.82) is 0 Å². The van der Waals surface area contributed by atoms with Gasteiger partial charge in [0.25, 0.3) is 5.91 Å². The average Bonchev–Trinajstić information content (AvgIpc) is 3.21. The summed E-state index contributed by atoms with van der Waals surface area (Å²) in [6.07, 6.45) is 0. The van der Waals surface area contributed by atoms with Gasteiger partial charge in [0, 0.05) is 11.8 Å². The van der Waals surface area contributed by atoms with Gasteiger partial charge in [0.2, 0.25) is 5.95 Å². The number of hydrogen-bond donors (Lipinski definition) is 2. The second-order valence-corrected chi connectivity index (χ2v) is 8.29. The lowest BCUT2D eigenvalue weighted by Gasteiger charge is -2.31. The van der Waals surface area contributed by atoms with E-state index < -0.39 is 0 Å². The van der Waals surface area contributed by atoms with E-state index in [1.807, 2.05) is 31.2 Å². The summed E-state index contributed by atoms with van der Waals surface area (Å²) in [5, 5.41) is 6.39. The third-order valence-electron chi connectivity index (χ3n) is 6.13. The van der Waals surface area contributed by atoms with Crippen LogP contribution in [-0.4, -0.2) is 29.7 Å². The first-order valence-electron chi connectivity index (χ1n) is 11.0. The predicted octanol–water partition coefficient (Wildman–Crippen LogP) is 5.29. The van der Waals surface area contributed by atoms with Crippen LogP contribution in [0.2, 0.25) is 0 Å². The number of ether oxygens (including phenoxy) is 2. The van der Waals surface area contributed by atoms with E-state index in [2.05, 4.69) is 46.4 Å². The number of imidazole rings is 1. The van der Waals surface area contributed by atoms with Crippen molar-refractivity contribution < 1.29 is 14.3 Å². The zero-order valence-electron chi connectivity index (χ0n) is 19.5. The van der Waals surface area contributed by atoms with Crippen molar-refractivity contribution >= 4 is 28.6 Å². The van der Waals surface area contributed by atoms with Crippen molar-refractivity contribution in [1.82, 2.24) is 9.55 Å². The number of para-hydroxylation sites is 2. The minimum Gasteiger partial charge on any atom is -0.497 e. The molecule has 0 radical (unpaired) electrons. The molecule has 1 atom stereocenters. The molecule has 0 saturated carbocycles. The Bertz CT molecular complexity index is 1420. The lowest BCUT2D eigenvalue weighted by atomic mass is 9.93. The van der Waals surface area contributed by atoms with Crippen molar-refractivity contribution in [2.24, 2.45) is 0 Å². The number of aromatic nitrogens is 2. The van der Waals surface area contributed by atoms with Gasteiger partial charge in [0.15, 0.2) is 0 Å². The summed E-state index contributed by atoms with van der Waals surface area (Å²) in [7, 11) is 3.16. The number of hydrogen-bond acceptors (Lipinski definition) is 5. The van der Waals surface area contributed by atoms with Gasteiger partial charge in [0.05, 0.1) is 42.6 Å². The number of aryl methyl sites for hydroxylation is 1. The molecule has 7 heteroatoms. The topological polar surface area (TPSA) is 77.4 Å². The zero-order valence-corrected chi connectivity index (χ0v) is 19.5. The molecular formula is C27H26N4O3. The van der Waals surface area contributed by atoms with Crippen LogP contribution in [0.4, 0.5) is 11.6 Å². The van der Waals surface area contributed by atoms with Gasteiger partial charge in [-0.2, -0.15) is 0 Å². The molecule has 0 saturated heterocycles. The number of carbonyl (C=O) groups is 1. The van der Waals surface area contributed by atoms with Crippen LogP contribution in [0.15, 0.2) is 78.0 Å². The lowest BCUT2D eigenvalue weighted by molar-refractivity contribution is -0.113. The minimum atomic E-state index is -0.353. The zero-order chi connectivity index (χ0) is 23.8. The van der Waals surface area contributed by atoms with Gasteiger partial charge < -0.3 is 20.1 Å². The van der Waals surface area contributed by atoms with E-state index in [0.29, 0.717) is 28.7 Å². The quantitative estimate of drug-likeness (QED) is 0.429. The Kier molecular flexibility index (Phi) is 5.45. The van der Waals surface area contributed by atoms with Gasteiger partial charge in [-0.3, -0.25) is 9.36 Å². The van der Waals surface area contributed by atoms with E-state index in [1.54, 1.807) is 32.4 Å². The van der Waals surface area contributed by atoms with Crippen LogP contribution in [0.25, 0.3) is 11.0 Å². The van der Waals surface area contributed by atoms with E-state index in [9.17, 15) is 4.79 Å². The van der Waals surface area contributed by atoms with Gasteiger partial charge in [-0.15, -0.1) is 0 Å². The number of allylic oxidation sites excluding steroid dienone is 1. The molecule has 4 aromatic rings. The molecule has 0 bridgehead atoms. The summed E-state index contributed by atoms with van der Waals surface area (Å²) in [6, 6.07) is 21.2. The summed E-state index contributed by atoms with van der Waals surface area (Å²) in [4.78, 5) is 18.6. The minimum absolute atomic E-state index is 0.220. The van der Waals surface area contributed by atoms with Crippen LogP contribution in [0.3, 0.4) is 0 Å². The van der Waals surface area contributed by atoms with Gasteiger partial charge in [-0.1, -0.05) is 42.0 Å². The highest BCUT2D eigenvalue weighted by atomic mass is 16.5. The van der Waals surface area contributed by atoms with Crippen LogP contribution >= 0.6 is 0 Å². The van der Waals surface area contributed by atoms with Gasteiger partial charge >= 0.3 is 0 Å². The molecule has 0 spiro atoms. The number of benzene rings is 3. The summed E-state index contributed by atoms with van der Waals surface area (Å²) in [5.74, 6) is 1.66. The highest BCUT2D eigenvalue weighted by Crippen LogP contribution is 2.40. The van der Waals surface area contributed by atoms with Crippen LogP contribution in [-0.2, 0) is 4.79 Å². The Labute approximate surface area is 198 Å². The lowest BCUT2D eigenvalue weighted by Crippen LogP contribution is -2.31. The fourth-order valence-electron chi connectivity index (χ4n) is 4.41. The standard InChI is InChI=1S/C27H26N4O3/c1-16-9-11-18(12-10-16)25-24(26(32)29-21-14-13-19(33-3)15-23(21)34-4)17(2)28-27-30-20-7-5-6-8-22(20)31(25)27/h5-15,25H,1-4H3,(H,28,30)(H,29,32). The van der Waals surface area contributed by atoms with E-state index >= 15 is 0 Å². The van der Waals surface area contributed by atoms with Crippen molar-refractivity contribution in [3.63, 3.8) is 0 Å². The highest BCUT2D eigenvalue weighted by molar-refractivity contribution is 6.07. The Morgan fingerprint density at radius 1 is 1.00 bits per heavy atom. The Morgan fingerprint density at radius 2 is 1.76 bits per heavy atom. The summed E-state index contributed by atoms with van der Waals surface area (Å²) >= 11 is 0. The van der Waals surface area contributed by atoms with Crippen LogP contribution < -0.4 is 20.1 Å². The Balaban J connectivity index is 1.63. The fourth-order valence-corrected chi connectivity index (χ4v) is 4.41. The summed E-state index contributed by atoms with van der Waals surface area (Å²) in [6.45, 7) is 3.96. The van der Waals surface area contributed by atoms with E-state index in [0.717, 1.165) is 27.9 Å². The molecule has 1 aliphatic rings. The maximum absolute atomic E-state index is 13.8. The molecule has 2 heterocycles. The average molecular weight is 455 g/mol. The third kappa shape index (κ3) is 3.65. The predicted molar refractivity (Wildman–Crippen MR) is 134 cm³/mol. The second kappa shape index (κ2) is 8.59. The number of amides is 1. The fraction of sp³-hybridized carbons (Fsp3) is 0.185. The molecule has 5 rings (SSSR count). The molecule has 172 valence electrons. The second-order valence-electron chi connectivity index (χ2n) is 8.29. The number of methoxy groups -OCH3 is 2. The molecule has 1 amide bonds. The molecule has 34 heavy (non-hydrogen) atoms. The Hall–Kier alpha value is -4.26. The summed E-state index contributed by atoms with van der Waals surface area (Å²) < 4.78 is 12.9. The maximum Gasteiger partial charge on any atom is 0.255 e. The van der Waals surface area contributed by atoms with Crippen LogP contribution in [0.5, 0.6) is 11.5 Å². The monoisotopic (exact) mass is 454 g/mol. The van der Waals surface area contributed by atoms with Crippen molar-refractivity contribution in [3.8, 4) is 11.5 Å². The van der Waals surface area contributed by atoms with Crippen molar-refractivity contribution in [3.05, 3.63) is 89.1 Å². The third-order valence-corrected chi connectivity index (χ3v) is 6.13. The maximum atomic E-state index is 13.8. The highest BCUT2D eigenvalue weighted by Gasteiger charge is 2.34. The van der Waals surface area contributed by atoms with E-state index in [-0.39, 0.29) is 11.9 Å². The number of fused-ring (bicyclic) bond motifs is 3. The first-order valence-corrected chi connectivity index (χ1v) is 11.0. The van der Waals surface area contributed by atoms with Gasteiger partial charge in [-0.05, 0) is 43.7 Å². The Morgan fingerprint density at radius 3 is 2.50 bits per heavy atom. The molecule has 1 aromatic heterocycles. The molecular weight excluding hydrogens is 428 g/mol. The molecule has 1 unspecified atom stereocenters. The first kappa shape index (κ1) is 21.6. The normalized spacial score (nSPS) is 15.0. The number of nitrogens with zero attached hydrogens (tertiary/aromatic N) is 2. The number of nitrogens with one attached hydrogen (secondary N) is 2. The molecule has 0 aliphatic carbocycles. The van der Waals surface area contributed by atoms with E-state index in [4.69, 9.17) is 14.5 Å². The van der Waals surface area contributed by atoms with Gasteiger partial charge in [0.1, 0.15) is 11.5 Å². The van der Waals surface area contributed by atoms with Gasteiger partial charge in [-0.25, -0.2) is 4.98 Å². The molecule has 7 nitrogen and oxygen atoms in total. The smallest absolute Gasteiger partial charge is 0.255 e. The van der Waals surface area contributed by atoms with Crippen LogP contribution in [0, 0.1) is 6.92 Å². The molecule has 0 fully saturated rings. The SMILES string of the molecule is COc1ccc(NC(=O)C2=C(C)Nc3nc4ccccc4n3C2c2ccc(C)cc2)c(OC)c1. The molecule has 1 aliphatic heterocycles. The van der Waals surface area contributed by atoms with Crippen LogP contribution in [0.1, 0.15) is 24.1 Å². The first-order chi connectivity index (χ1) is 16.5. The number of rotatable bonds is 5. The molecule has 3 aromatic carbocycles.